The second kappa shape index (κ2) is 5.44. The van der Waals surface area contributed by atoms with Crippen molar-refractivity contribution in [1.29, 1.82) is 0 Å². The van der Waals surface area contributed by atoms with Gasteiger partial charge in [-0.3, -0.25) is 9.98 Å². The molecule has 0 unspecified atom stereocenters. The third-order valence-corrected chi connectivity index (χ3v) is 3.01. The Bertz CT molecular complexity index is 697. The molecule has 1 aromatic heterocycles. The molecule has 3 aromatic rings. The van der Waals surface area contributed by atoms with Gasteiger partial charge in [0.15, 0.2) is 0 Å². The van der Waals surface area contributed by atoms with Crippen molar-refractivity contribution in [3.63, 3.8) is 0 Å². The number of hydrogen-bond donors (Lipinski definition) is 0. The molecule has 0 N–H and O–H groups in total. The van der Waals surface area contributed by atoms with E-state index >= 15 is 0 Å². The molecule has 92 valence electrons. The van der Waals surface area contributed by atoms with Crippen LogP contribution in [0.1, 0.15) is 11.1 Å². The predicted molar refractivity (Wildman–Crippen MR) is 79.5 cm³/mol. The van der Waals surface area contributed by atoms with Gasteiger partial charge in [0.05, 0.1) is 12.1 Å². The van der Waals surface area contributed by atoms with Crippen LogP contribution in [0.4, 0.5) is 0 Å². The third kappa shape index (κ3) is 2.68. The highest BCUT2D eigenvalue weighted by Gasteiger charge is 1.98. The Morgan fingerprint density at radius 1 is 0.895 bits per heavy atom. The van der Waals surface area contributed by atoms with E-state index in [1.807, 2.05) is 48.8 Å². The van der Waals surface area contributed by atoms with Gasteiger partial charge < -0.3 is 0 Å². The normalized spacial score (nSPS) is 11.2. The fraction of sp³-hybridized carbons (Fsp3) is 0.0588. The van der Waals surface area contributed by atoms with Crippen molar-refractivity contribution >= 4 is 17.1 Å². The fourth-order valence-corrected chi connectivity index (χ4v) is 2.06. The maximum absolute atomic E-state index is 4.50. The summed E-state index contributed by atoms with van der Waals surface area (Å²) >= 11 is 0. The third-order valence-electron chi connectivity index (χ3n) is 3.01. The Balaban J connectivity index is 1.85. The van der Waals surface area contributed by atoms with E-state index in [2.05, 4.69) is 34.2 Å². The van der Waals surface area contributed by atoms with E-state index in [1.54, 1.807) is 0 Å². The molecule has 0 bridgehead atoms. The molecule has 0 radical (unpaired) electrons. The summed E-state index contributed by atoms with van der Waals surface area (Å²) in [5.74, 6) is 0. The van der Waals surface area contributed by atoms with Crippen molar-refractivity contribution in [3.05, 3.63) is 78.0 Å². The lowest BCUT2D eigenvalue weighted by Crippen LogP contribution is -1.88. The van der Waals surface area contributed by atoms with E-state index in [1.165, 1.54) is 5.56 Å². The zero-order chi connectivity index (χ0) is 12.9. The highest BCUT2D eigenvalue weighted by Crippen LogP contribution is 2.14. The summed E-state index contributed by atoms with van der Waals surface area (Å²) in [6.45, 7) is 0.698. The number of aliphatic imine (C=N–C) groups is 1. The van der Waals surface area contributed by atoms with E-state index in [-0.39, 0.29) is 0 Å². The van der Waals surface area contributed by atoms with Crippen molar-refractivity contribution in [3.8, 4) is 0 Å². The minimum absolute atomic E-state index is 0.698. The van der Waals surface area contributed by atoms with Crippen LogP contribution in [-0.2, 0) is 6.54 Å². The molecule has 0 saturated heterocycles. The van der Waals surface area contributed by atoms with Crippen LogP contribution < -0.4 is 0 Å². The summed E-state index contributed by atoms with van der Waals surface area (Å²) in [5.41, 5.74) is 3.28. The first-order valence-corrected chi connectivity index (χ1v) is 6.31. The molecule has 0 aliphatic carbocycles. The van der Waals surface area contributed by atoms with Crippen LogP contribution in [0, 0.1) is 0 Å². The van der Waals surface area contributed by atoms with Crippen LogP contribution in [0.3, 0.4) is 0 Å². The minimum atomic E-state index is 0.698. The van der Waals surface area contributed by atoms with Crippen LogP contribution >= 0.6 is 0 Å². The van der Waals surface area contributed by atoms with Gasteiger partial charge in [-0.25, -0.2) is 0 Å². The first-order chi connectivity index (χ1) is 9.43. The largest absolute Gasteiger partial charge is 0.288 e. The standard InChI is InChI=1S/C17H14N2/c1-2-6-14(7-3-1)12-18-13-16-9-4-8-15-10-5-11-19-17(15)16/h1-11,13H,12H2. The summed E-state index contributed by atoms with van der Waals surface area (Å²) in [6.07, 6.45) is 3.72. The summed E-state index contributed by atoms with van der Waals surface area (Å²) < 4.78 is 0. The van der Waals surface area contributed by atoms with Crippen molar-refractivity contribution in [1.82, 2.24) is 4.98 Å². The van der Waals surface area contributed by atoms with Crippen LogP contribution in [-0.4, -0.2) is 11.2 Å². The van der Waals surface area contributed by atoms with Gasteiger partial charge in [-0.05, 0) is 11.6 Å². The molecule has 0 spiro atoms. The lowest BCUT2D eigenvalue weighted by molar-refractivity contribution is 1.08. The van der Waals surface area contributed by atoms with Gasteiger partial charge >= 0.3 is 0 Å². The molecular weight excluding hydrogens is 232 g/mol. The molecule has 0 saturated carbocycles. The summed E-state index contributed by atoms with van der Waals surface area (Å²) in [5, 5.41) is 1.14. The van der Waals surface area contributed by atoms with E-state index in [0.29, 0.717) is 6.54 Å². The number of rotatable bonds is 3. The average molecular weight is 246 g/mol. The molecule has 2 heteroatoms. The van der Waals surface area contributed by atoms with Crippen molar-refractivity contribution < 1.29 is 0 Å². The van der Waals surface area contributed by atoms with E-state index < -0.39 is 0 Å². The Kier molecular flexibility index (Phi) is 3.32. The Hall–Kier alpha value is -2.48. The number of para-hydroxylation sites is 1. The molecule has 2 aromatic carbocycles. The van der Waals surface area contributed by atoms with Crippen molar-refractivity contribution in [2.75, 3.05) is 0 Å². The minimum Gasteiger partial charge on any atom is -0.288 e. The van der Waals surface area contributed by atoms with Gasteiger partial charge in [0.2, 0.25) is 0 Å². The Morgan fingerprint density at radius 3 is 2.63 bits per heavy atom. The van der Waals surface area contributed by atoms with Crippen molar-refractivity contribution in [2.24, 2.45) is 4.99 Å². The molecule has 3 rings (SSSR count). The lowest BCUT2D eigenvalue weighted by atomic mass is 10.1. The van der Waals surface area contributed by atoms with Gasteiger partial charge in [-0.2, -0.15) is 0 Å². The fourth-order valence-electron chi connectivity index (χ4n) is 2.06. The molecule has 19 heavy (non-hydrogen) atoms. The van der Waals surface area contributed by atoms with Gasteiger partial charge in [-0.15, -0.1) is 0 Å². The zero-order valence-corrected chi connectivity index (χ0v) is 10.5. The maximum Gasteiger partial charge on any atom is 0.0789 e. The van der Waals surface area contributed by atoms with E-state index in [0.717, 1.165) is 16.5 Å². The summed E-state index contributed by atoms with van der Waals surface area (Å²) in [7, 11) is 0. The van der Waals surface area contributed by atoms with Gasteiger partial charge in [0.25, 0.3) is 0 Å². The van der Waals surface area contributed by atoms with Crippen LogP contribution in [0.15, 0.2) is 71.9 Å². The number of nitrogens with zero attached hydrogens (tertiary/aromatic N) is 2. The molecule has 0 atom stereocenters. The Labute approximate surface area is 112 Å². The highest BCUT2D eigenvalue weighted by molar-refractivity contribution is 5.97. The molecular formula is C17H14N2. The number of hydrogen-bond acceptors (Lipinski definition) is 2. The summed E-state index contributed by atoms with van der Waals surface area (Å²) in [6, 6.07) is 20.4. The van der Waals surface area contributed by atoms with Crippen LogP contribution in [0.2, 0.25) is 0 Å². The number of aromatic nitrogens is 1. The molecule has 1 heterocycles. The van der Waals surface area contributed by atoms with Crippen molar-refractivity contribution in [2.45, 2.75) is 6.54 Å². The highest BCUT2D eigenvalue weighted by atomic mass is 14.7. The second-order valence-corrected chi connectivity index (χ2v) is 4.38. The quantitative estimate of drug-likeness (QED) is 0.644. The molecule has 0 fully saturated rings. The van der Waals surface area contributed by atoms with Crippen LogP contribution in [0.25, 0.3) is 10.9 Å². The first-order valence-electron chi connectivity index (χ1n) is 6.31. The first kappa shape index (κ1) is 11.6. The van der Waals surface area contributed by atoms with Gasteiger partial charge in [0, 0.05) is 23.4 Å². The smallest absolute Gasteiger partial charge is 0.0789 e. The summed E-state index contributed by atoms with van der Waals surface area (Å²) in [4.78, 5) is 8.91. The zero-order valence-electron chi connectivity index (χ0n) is 10.5. The van der Waals surface area contributed by atoms with E-state index in [9.17, 15) is 0 Å². The second-order valence-electron chi connectivity index (χ2n) is 4.38. The van der Waals surface area contributed by atoms with E-state index in [4.69, 9.17) is 0 Å². The predicted octanol–water partition coefficient (Wildman–Crippen LogP) is 3.85. The number of fused-ring (bicyclic) bond motifs is 1. The topological polar surface area (TPSA) is 25.2 Å². The molecule has 0 amide bonds. The maximum atomic E-state index is 4.50. The SMILES string of the molecule is C(=NCc1ccccc1)c1cccc2cccnc12. The molecule has 2 nitrogen and oxygen atoms in total. The number of pyridine rings is 1. The van der Waals surface area contributed by atoms with Gasteiger partial charge in [0.1, 0.15) is 0 Å². The van der Waals surface area contributed by atoms with Gasteiger partial charge in [-0.1, -0.05) is 54.6 Å². The Morgan fingerprint density at radius 2 is 1.74 bits per heavy atom. The number of benzene rings is 2. The molecule has 0 aliphatic heterocycles. The monoisotopic (exact) mass is 246 g/mol. The van der Waals surface area contributed by atoms with Crippen LogP contribution in [0.5, 0.6) is 0 Å². The average Bonchev–Trinajstić information content (AvgIpc) is 2.49. The lowest BCUT2D eigenvalue weighted by Gasteiger charge is -2.00. The molecule has 0 aliphatic rings.